The van der Waals surface area contributed by atoms with Crippen LogP contribution in [0.1, 0.15) is 11.1 Å². The number of fused-ring (bicyclic) bond motifs is 2. The third kappa shape index (κ3) is 0.489. The molecule has 0 atom stereocenters. The van der Waals surface area contributed by atoms with E-state index >= 15 is 0 Å². The second-order valence-corrected chi connectivity index (χ2v) is 2.11. The molecule has 45 valence electrons. The Bertz CT molecular complexity index is 220. The molecule has 9 heavy (non-hydrogen) atoms. The Morgan fingerprint density at radius 1 is 1.22 bits per heavy atom. The molecule has 3 rings (SSSR count). The molecular formula is C8H7O. The number of methoxy groups -OCH3 is 1. The van der Waals surface area contributed by atoms with Crippen LogP contribution in [0.5, 0.6) is 5.75 Å². The first-order chi connectivity index (χ1) is 4.42. The van der Waals surface area contributed by atoms with Crippen molar-refractivity contribution in [1.82, 2.24) is 0 Å². The highest BCUT2D eigenvalue weighted by Gasteiger charge is 2.18. The van der Waals surface area contributed by atoms with Gasteiger partial charge in [0.15, 0.2) is 0 Å². The zero-order valence-electron chi connectivity index (χ0n) is 5.22. The average Bonchev–Trinajstić information content (AvgIpc) is 1.90. The number of rotatable bonds is 1. The lowest BCUT2D eigenvalue weighted by atomic mass is 9.91. The standard InChI is InChI=1S/C8H7O/c1-9-8-6-3-2-4-7(8)5-6/h2-5H,1H3. The van der Waals surface area contributed by atoms with Crippen molar-refractivity contribution in [1.29, 1.82) is 0 Å². The van der Waals surface area contributed by atoms with E-state index in [4.69, 9.17) is 4.74 Å². The first-order valence-corrected chi connectivity index (χ1v) is 2.93. The van der Waals surface area contributed by atoms with Crippen molar-refractivity contribution >= 4 is 0 Å². The van der Waals surface area contributed by atoms with Gasteiger partial charge in [0.25, 0.3) is 0 Å². The molecule has 0 N–H and O–H groups in total. The van der Waals surface area contributed by atoms with Gasteiger partial charge in [0, 0.05) is 17.5 Å². The number of hydrogen-bond donors (Lipinski definition) is 0. The zero-order valence-corrected chi connectivity index (χ0v) is 5.22. The van der Waals surface area contributed by atoms with E-state index in [1.807, 2.05) is 18.2 Å². The minimum Gasteiger partial charge on any atom is -0.496 e. The van der Waals surface area contributed by atoms with Gasteiger partial charge in [-0.1, -0.05) is 18.2 Å². The third-order valence-corrected chi connectivity index (χ3v) is 1.59. The summed E-state index contributed by atoms with van der Waals surface area (Å²) in [6.07, 6.45) is 2.11. The first kappa shape index (κ1) is 4.86. The molecular weight excluding hydrogens is 112 g/mol. The van der Waals surface area contributed by atoms with Gasteiger partial charge in [-0.3, -0.25) is 0 Å². The molecule has 0 aromatic heterocycles. The minimum atomic E-state index is 1.04. The molecule has 2 bridgehead atoms. The molecule has 0 fully saturated rings. The highest BCUT2D eigenvalue weighted by atomic mass is 16.5. The molecule has 0 amide bonds. The van der Waals surface area contributed by atoms with Crippen LogP contribution in [0.25, 0.3) is 0 Å². The van der Waals surface area contributed by atoms with Gasteiger partial charge in [-0.15, -0.1) is 0 Å². The molecule has 2 aliphatic carbocycles. The van der Waals surface area contributed by atoms with E-state index in [1.165, 1.54) is 11.1 Å². The predicted molar refractivity (Wildman–Crippen MR) is 35.5 cm³/mol. The van der Waals surface area contributed by atoms with E-state index in [0.717, 1.165) is 5.75 Å². The van der Waals surface area contributed by atoms with Gasteiger partial charge in [-0.2, -0.15) is 0 Å². The summed E-state index contributed by atoms with van der Waals surface area (Å²) in [5.74, 6) is 1.04. The van der Waals surface area contributed by atoms with Crippen molar-refractivity contribution in [2.24, 2.45) is 0 Å². The summed E-state index contributed by atoms with van der Waals surface area (Å²) in [5, 5.41) is 0. The summed E-state index contributed by atoms with van der Waals surface area (Å²) < 4.78 is 5.08. The van der Waals surface area contributed by atoms with Gasteiger partial charge in [0.2, 0.25) is 0 Å². The SMILES string of the molecule is COc1c2cccc1[CH]2. The average molecular weight is 119 g/mol. The fourth-order valence-corrected chi connectivity index (χ4v) is 1.13. The van der Waals surface area contributed by atoms with Gasteiger partial charge >= 0.3 is 0 Å². The normalized spacial score (nSPS) is 12.6. The maximum Gasteiger partial charge on any atom is 0.126 e. The quantitative estimate of drug-likeness (QED) is 0.554. The summed E-state index contributed by atoms with van der Waals surface area (Å²) in [4.78, 5) is 0. The molecule has 1 nitrogen and oxygen atoms in total. The predicted octanol–water partition coefficient (Wildman–Crippen LogP) is 1.61. The fourth-order valence-electron chi connectivity index (χ4n) is 1.13. The molecule has 0 spiro atoms. The van der Waals surface area contributed by atoms with E-state index < -0.39 is 0 Å². The Labute approximate surface area is 54.3 Å². The van der Waals surface area contributed by atoms with E-state index in [0.29, 0.717) is 0 Å². The number of benzene rings is 1. The van der Waals surface area contributed by atoms with Gasteiger partial charge < -0.3 is 4.74 Å². The highest BCUT2D eigenvalue weighted by molar-refractivity contribution is 5.62. The van der Waals surface area contributed by atoms with E-state index in [2.05, 4.69) is 6.42 Å². The van der Waals surface area contributed by atoms with Crippen molar-refractivity contribution in [2.75, 3.05) is 7.11 Å². The Kier molecular flexibility index (Phi) is 0.810. The maximum absolute atomic E-state index is 5.08. The monoisotopic (exact) mass is 119 g/mol. The Hall–Kier alpha value is -0.980. The van der Waals surface area contributed by atoms with Crippen LogP contribution >= 0.6 is 0 Å². The second-order valence-electron chi connectivity index (χ2n) is 2.11. The van der Waals surface area contributed by atoms with Crippen LogP contribution in [0.2, 0.25) is 0 Å². The second kappa shape index (κ2) is 1.50. The molecule has 1 radical (unpaired) electrons. The number of hydrogen-bond acceptors (Lipinski definition) is 1. The van der Waals surface area contributed by atoms with E-state index in [9.17, 15) is 0 Å². The van der Waals surface area contributed by atoms with Crippen LogP contribution in [0, 0.1) is 6.42 Å². The molecule has 0 heterocycles. The summed E-state index contributed by atoms with van der Waals surface area (Å²) in [6.45, 7) is 0. The Balaban J connectivity index is 2.55. The van der Waals surface area contributed by atoms with Gasteiger partial charge in [0.1, 0.15) is 5.75 Å². The van der Waals surface area contributed by atoms with E-state index in [1.54, 1.807) is 7.11 Å². The van der Waals surface area contributed by atoms with Crippen molar-refractivity contribution in [2.45, 2.75) is 0 Å². The van der Waals surface area contributed by atoms with Crippen LogP contribution in [-0.2, 0) is 0 Å². The zero-order chi connectivity index (χ0) is 6.27. The molecule has 0 saturated heterocycles. The van der Waals surface area contributed by atoms with Crippen molar-refractivity contribution in [3.05, 3.63) is 35.7 Å². The maximum atomic E-state index is 5.08. The van der Waals surface area contributed by atoms with Gasteiger partial charge in [-0.25, -0.2) is 0 Å². The first-order valence-electron chi connectivity index (χ1n) is 2.93. The van der Waals surface area contributed by atoms with Crippen molar-refractivity contribution in [3.8, 4) is 5.75 Å². The van der Waals surface area contributed by atoms with Gasteiger partial charge in [-0.05, 0) is 0 Å². The van der Waals surface area contributed by atoms with Crippen LogP contribution in [0.3, 0.4) is 0 Å². The molecule has 2 aliphatic rings. The molecule has 0 unspecified atom stereocenters. The van der Waals surface area contributed by atoms with Crippen molar-refractivity contribution in [3.63, 3.8) is 0 Å². The summed E-state index contributed by atoms with van der Waals surface area (Å²) in [5.41, 5.74) is 2.44. The molecule has 0 aliphatic heterocycles. The molecule has 1 heteroatoms. The minimum absolute atomic E-state index is 1.04. The fraction of sp³-hybridized carbons (Fsp3) is 0.125. The summed E-state index contributed by atoms with van der Waals surface area (Å²) in [6, 6.07) is 6.13. The lowest BCUT2D eigenvalue weighted by Crippen LogP contribution is -2.04. The number of ether oxygens (including phenoxy) is 1. The highest BCUT2D eigenvalue weighted by Crippen LogP contribution is 2.37. The lowest BCUT2D eigenvalue weighted by molar-refractivity contribution is 0.403. The van der Waals surface area contributed by atoms with E-state index in [-0.39, 0.29) is 0 Å². The van der Waals surface area contributed by atoms with Crippen molar-refractivity contribution < 1.29 is 4.74 Å². The lowest BCUT2D eigenvalue weighted by Gasteiger charge is -2.20. The topological polar surface area (TPSA) is 9.23 Å². The molecule has 0 saturated carbocycles. The van der Waals surface area contributed by atoms with Crippen LogP contribution < -0.4 is 4.74 Å². The van der Waals surface area contributed by atoms with Crippen LogP contribution in [-0.4, -0.2) is 7.11 Å². The third-order valence-electron chi connectivity index (χ3n) is 1.59. The van der Waals surface area contributed by atoms with Crippen LogP contribution in [0.15, 0.2) is 18.2 Å². The number of para-hydroxylation sites is 1. The Morgan fingerprint density at radius 2 is 1.89 bits per heavy atom. The summed E-state index contributed by atoms with van der Waals surface area (Å²) >= 11 is 0. The summed E-state index contributed by atoms with van der Waals surface area (Å²) in [7, 11) is 1.70. The smallest absolute Gasteiger partial charge is 0.126 e. The van der Waals surface area contributed by atoms with Gasteiger partial charge in [0.05, 0.1) is 7.11 Å². The molecule has 1 aromatic carbocycles. The van der Waals surface area contributed by atoms with Crippen LogP contribution in [0.4, 0.5) is 0 Å². The largest absolute Gasteiger partial charge is 0.496 e. The Morgan fingerprint density at radius 3 is 2.22 bits per heavy atom. The molecule has 1 aromatic rings.